The van der Waals surface area contributed by atoms with Crippen LogP contribution in [0.1, 0.15) is 6.92 Å². The summed E-state index contributed by atoms with van der Waals surface area (Å²) in [7, 11) is 3.81. The van der Waals surface area contributed by atoms with Crippen molar-refractivity contribution in [3.63, 3.8) is 0 Å². The SMILES string of the molecule is C[C@@H]1CN(C(=O)CN(C)C)CCO1. The quantitative estimate of drug-likeness (QED) is 0.598. The van der Waals surface area contributed by atoms with Gasteiger partial charge in [0, 0.05) is 13.1 Å². The number of rotatable bonds is 2. The molecule has 1 saturated heterocycles. The molecule has 0 saturated carbocycles. The van der Waals surface area contributed by atoms with Crippen LogP contribution in [0.3, 0.4) is 0 Å². The minimum atomic E-state index is 0.180. The van der Waals surface area contributed by atoms with Crippen molar-refractivity contribution in [1.82, 2.24) is 9.80 Å². The van der Waals surface area contributed by atoms with Crippen molar-refractivity contribution in [2.45, 2.75) is 13.0 Å². The highest BCUT2D eigenvalue weighted by atomic mass is 16.5. The van der Waals surface area contributed by atoms with Gasteiger partial charge in [-0.25, -0.2) is 0 Å². The molecule has 0 aromatic heterocycles. The Kier molecular flexibility index (Phi) is 3.69. The molecule has 1 aliphatic rings. The number of ether oxygens (including phenoxy) is 1. The Morgan fingerprint density at radius 2 is 2.31 bits per heavy atom. The van der Waals surface area contributed by atoms with Gasteiger partial charge in [-0.3, -0.25) is 4.79 Å². The maximum absolute atomic E-state index is 11.6. The second-order valence-corrected chi connectivity index (χ2v) is 3.76. The Bertz CT molecular complexity index is 182. The van der Waals surface area contributed by atoms with Gasteiger partial charge in [0.25, 0.3) is 0 Å². The molecule has 1 fully saturated rings. The minimum absolute atomic E-state index is 0.180. The number of hydrogen-bond acceptors (Lipinski definition) is 3. The summed E-state index contributed by atoms with van der Waals surface area (Å²) in [5, 5.41) is 0. The molecule has 1 aliphatic heterocycles. The van der Waals surface area contributed by atoms with Crippen molar-refractivity contribution in [3.05, 3.63) is 0 Å². The lowest BCUT2D eigenvalue weighted by Gasteiger charge is -2.31. The summed E-state index contributed by atoms with van der Waals surface area (Å²) in [6, 6.07) is 0. The Hall–Kier alpha value is -0.610. The van der Waals surface area contributed by atoms with Gasteiger partial charge in [-0.15, -0.1) is 0 Å². The van der Waals surface area contributed by atoms with E-state index in [1.165, 1.54) is 0 Å². The summed E-state index contributed by atoms with van der Waals surface area (Å²) in [5.41, 5.74) is 0. The van der Waals surface area contributed by atoms with Crippen LogP contribution in [0.5, 0.6) is 0 Å². The van der Waals surface area contributed by atoms with Crippen LogP contribution in [0.4, 0.5) is 0 Å². The van der Waals surface area contributed by atoms with Crippen LogP contribution in [-0.4, -0.2) is 62.1 Å². The molecule has 0 aromatic carbocycles. The molecule has 1 amide bonds. The second-order valence-electron chi connectivity index (χ2n) is 3.76. The average molecular weight is 186 g/mol. The molecule has 1 rings (SSSR count). The third-order valence-corrected chi connectivity index (χ3v) is 2.05. The number of carbonyl (C=O) groups is 1. The van der Waals surface area contributed by atoms with Crippen LogP contribution in [0.15, 0.2) is 0 Å². The summed E-state index contributed by atoms with van der Waals surface area (Å²) in [5.74, 6) is 0.195. The fraction of sp³-hybridized carbons (Fsp3) is 0.889. The monoisotopic (exact) mass is 186 g/mol. The van der Waals surface area contributed by atoms with E-state index >= 15 is 0 Å². The number of hydrogen-bond donors (Lipinski definition) is 0. The van der Waals surface area contributed by atoms with Gasteiger partial charge in [-0.05, 0) is 21.0 Å². The van der Waals surface area contributed by atoms with Crippen molar-refractivity contribution in [2.24, 2.45) is 0 Å². The van der Waals surface area contributed by atoms with Gasteiger partial charge in [0.05, 0.1) is 19.3 Å². The molecule has 0 N–H and O–H groups in total. The van der Waals surface area contributed by atoms with E-state index < -0.39 is 0 Å². The lowest BCUT2D eigenvalue weighted by Crippen LogP contribution is -2.47. The zero-order valence-electron chi connectivity index (χ0n) is 8.62. The largest absolute Gasteiger partial charge is 0.375 e. The molecule has 13 heavy (non-hydrogen) atoms. The van der Waals surface area contributed by atoms with Gasteiger partial charge in [-0.2, -0.15) is 0 Å². The summed E-state index contributed by atoms with van der Waals surface area (Å²) < 4.78 is 5.36. The lowest BCUT2D eigenvalue weighted by molar-refractivity contribution is -0.138. The zero-order valence-corrected chi connectivity index (χ0v) is 8.62. The van der Waals surface area contributed by atoms with Crippen molar-refractivity contribution in [3.8, 4) is 0 Å². The lowest BCUT2D eigenvalue weighted by atomic mass is 10.3. The average Bonchev–Trinajstić information content (AvgIpc) is 2.03. The second kappa shape index (κ2) is 4.58. The number of nitrogens with zero attached hydrogens (tertiary/aromatic N) is 2. The molecule has 76 valence electrons. The highest BCUT2D eigenvalue weighted by Gasteiger charge is 2.21. The molecular weight excluding hydrogens is 168 g/mol. The molecule has 4 heteroatoms. The number of amides is 1. The first kappa shape index (κ1) is 10.5. The minimum Gasteiger partial charge on any atom is -0.375 e. The molecule has 1 heterocycles. The van der Waals surface area contributed by atoms with Gasteiger partial charge >= 0.3 is 0 Å². The summed E-state index contributed by atoms with van der Waals surface area (Å²) in [6.45, 7) is 4.62. The van der Waals surface area contributed by atoms with Crippen molar-refractivity contribution >= 4 is 5.91 Å². The zero-order chi connectivity index (χ0) is 9.84. The topological polar surface area (TPSA) is 32.8 Å². The Morgan fingerprint density at radius 3 is 2.85 bits per heavy atom. The maximum Gasteiger partial charge on any atom is 0.236 e. The first-order valence-electron chi connectivity index (χ1n) is 4.63. The number of morpholine rings is 1. The molecule has 0 aromatic rings. The standard InChI is InChI=1S/C9H18N2O2/c1-8-6-11(4-5-13-8)9(12)7-10(2)3/h8H,4-7H2,1-3H3/t8-/m1/s1. The number of likely N-dealkylation sites (N-methyl/N-ethyl adjacent to an activating group) is 1. The van der Waals surface area contributed by atoms with Crippen LogP contribution in [0.25, 0.3) is 0 Å². The van der Waals surface area contributed by atoms with E-state index in [1.807, 2.05) is 30.8 Å². The van der Waals surface area contributed by atoms with Gasteiger partial charge in [0.15, 0.2) is 0 Å². The Morgan fingerprint density at radius 1 is 1.62 bits per heavy atom. The summed E-state index contributed by atoms with van der Waals surface area (Å²) in [4.78, 5) is 15.3. The molecular formula is C9H18N2O2. The van der Waals surface area contributed by atoms with Crippen LogP contribution in [-0.2, 0) is 9.53 Å². The van der Waals surface area contributed by atoms with E-state index in [1.54, 1.807) is 0 Å². The van der Waals surface area contributed by atoms with Crippen LogP contribution in [0.2, 0.25) is 0 Å². The van der Waals surface area contributed by atoms with Gasteiger partial charge < -0.3 is 14.5 Å². The first-order chi connectivity index (χ1) is 6.09. The summed E-state index contributed by atoms with van der Waals surface area (Å²) in [6.07, 6.45) is 0.180. The van der Waals surface area contributed by atoms with E-state index in [-0.39, 0.29) is 12.0 Å². The molecule has 0 bridgehead atoms. The van der Waals surface area contributed by atoms with Crippen molar-refractivity contribution in [2.75, 3.05) is 40.3 Å². The predicted molar refractivity (Wildman–Crippen MR) is 50.5 cm³/mol. The van der Waals surface area contributed by atoms with Crippen LogP contribution < -0.4 is 0 Å². The van der Waals surface area contributed by atoms with Gasteiger partial charge in [0.1, 0.15) is 0 Å². The Balaban J connectivity index is 2.37. The maximum atomic E-state index is 11.6. The fourth-order valence-corrected chi connectivity index (χ4v) is 1.42. The van der Waals surface area contributed by atoms with Crippen molar-refractivity contribution < 1.29 is 9.53 Å². The molecule has 0 unspecified atom stereocenters. The van der Waals surface area contributed by atoms with E-state index in [4.69, 9.17) is 4.74 Å². The van der Waals surface area contributed by atoms with E-state index in [2.05, 4.69) is 0 Å². The third-order valence-electron chi connectivity index (χ3n) is 2.05. The van der Waals surface area contributed by atoms with E-state index in [0.717, 1.165) is 13.1 Å². The molecule has 4 nitrogen and oxygen atoms in total. The van der Waals surface area contributed by atoms with Gasteiger partial charge in [0.2, 0.25) is 5.91 Å². The molecule has 0 radical (unpaired) electrons. The molecule has 0 spiro atoms. The fourth-order valence-electron chi connectivity index (χ4n) is 1.42. The number of carbonyl (C=O) groups excluding carboxylic acids is 1. The highest BCUT2D eigenvalue weighted by Crippen LogP contribution is 2.04. The van der Waals surface area contributed by atoms with E-state index in [9.17, 15) is 4.79 Å². The molecule has 0 aliphatic carbocycles. The smallest absolute Gasteiger partial charge is 0.236 e. The third kappa shape index (κ3) is 3.32. The normalized spacial score (nSPS) is 23.7. The van der Waals surface area contributed by atoms with Crippen molar-refractivity contribution in [1.29, 1.82) is 0 Å². The highest BCUT2D eigenvalue weighted by molar-refractivity contribution is 5.78. The van der Waals surface area contributed by atoms with Crippen LogP contribution in [0, 0.1) is 0 Å². The molecule has 1 atom stereocenters. The van der Waals surface area contributed by atoms with E-state index in [0.29, 0.717) is 13.2 Å². The summed E-state index contributed by atoms with van der Waals surface area (Å²) >= 11 is 0. The predicted octanol–water partition coefficient (Wildman–Crippen LogP) is -0.205. The van der Waals surface area contributed by atoms with Crippen LogP contribution >= 0.6 is 0 Å². The van der Waals surface area contributed by atoms with Gasteiger partial charge in [-0.1, -0.05) is 0 Å². The Labute approximate surface area is 79.4 Å². The first-order valence-corrected chi connectivity index (χ1v) is 4.63.